The highest BCUT2D eigenvalue weighted by molar-refractivity contribution is 5.84. The van der Waals surface area contributed by atoms with Crippen LogP contribution in [0.1, 0.15) is 20.8 Å². The molecule has 1 fully saturated rings. The zero-order chi connectivity index (χ0) is 8.65. The second-order valence-corrected chi connectivity index (χ2v) is 2.79. The van der Waals surface area contributed by atoms with E-state index >= 15 is 0 Å². The number of aliphatic hydroxyl groups is 1. The zero-order valence-corrected chi connectivity index (χ0v) is 7.00. The normalized spacial score (nSPS) is 38.4. The van der Waals surface area contributed by atoms with Gasteiger partial charge in [-0.15, -0.1) is 0 Å². The first kappa shape index (κ1) is 8.49. The van der Waals surface area contributed by atoms with E-state index in [4.69, 9.17) is 4.74 Å². The number of nitrogens with zero attached hydrogens (tertiary/aromatic N) is 1. The van der Waals surface area contributed by atoms with Gasteiger partial charge in [0.15, 0.2) is 0 Å². The molecule has 0 aromatic carbocycles. The molecule has 4 nitrogen and oxygen atoms in total. The van der Waals surface area contributed by atoms with Gasteiger partial charge in [-0.05, 0) is 20.8 Å². The lowest BCUT2D eigenvalue weighted by Gasteiger charge is -2.15. The van der Waals surface area contributed by atoms with E-state index in [9.17, 15) is 9.90 Å². The summed E-state index contributed by atoms with van der Waals surface area (Å²) < 4.78 is 5.00. The van der Waals surface area contributed by atoms with E-state index < -0.39 is 5.79 Å². The van der Waals surface area contributed by atoms with Crippen molar-refractivity contribution >= 4 is 5.91 Å². The first-order valence-corrected chi connectivity index (χ1v) is 3.70. The third kappa shape index (κ3) is 1.23. The second kappa shape index (κ2) is 2.46. The third-order valence-corrected chi connectivity index (χ3v) is 1.84. The molecular weight excluding hydrogens is 146 g/mol. The van der Waals surface area contributed by atoms with Crippen molar-refractivity contribution in [1.29, 1.82) is 0 Å². The molecule has 0 aromatic heterocycles. The van der Waals surface area contributed by atoms with E-state index in [1.54, 1.807) is 6.92 Å². The summed E-state index contributed by atoms with van der Waals surface area (Å²) in [6.07, 6.45) is -0.317. The van der Waals surface area contributed by atoms with E-state index in [1.807, 2.05) is 6.92 Å². The average molecular weight is 159 g/mol. The van der Waals surface area contributed by atoms with Gasteiger partial charge in [-0.25, -0.2) is 0 Å². The standard InChI is InChI=1S/C7H13NO3/c1-4-8-5(2)11-7(3,10)6(8)9/h5,10H,4H2,1-3H3/t5-,7-/m0/s1. The van der Waals surface area contributed by atoms with Crippen LogP contribution in [0.4, 0.5) is 0 Å². The molecular formula is C7H13NO3. The fraction of sp³-hybridized carbons (Fsp3) is 0.857. The second-order valence-electron chi connectivity index (χ2n) is 2.79. The molecule has 1 amide bonds. The van der Waals surface area contributed by atoms with Gasteiger partial charge >= 0.3 is 0 Å². The maximum Gasteiger partial charge on any atom is 0.284 e. The summed E-state index contributed by atoms with van der Waals surface area (Å²) >= 11 is 0. The van der Waals surface area contributed by atoms with Gasteiger partial charge in [0.1, 0.15) is 6.23 Å². The minimum absolute atomic E-state index is 0.317. The number of carbonyl (C=O) groups is 1. The SMILES string of the molecule is CCN1C(=O)[C@@](C)(O)O[C@H]1C. The van der Waals surface area contributed by atoms with E-state index in [2.05, 4.69) is 0 Å². The number of hydrogen-bond donors (Lipinski definition) is 1. The van der Waals surface area contributed by atoms with Crippen LogP contribution < -0.4 is 0 Å². The molecule has 11 heavy (non-hydrogen) atoms. The van der Waals surface area contributed by atoms with Crippen molar-refractivity contribution in [1.82, 2.24) is 4.90 Å². The summed E-state index contributed by atoms with van der Waals surface area (Å²) in [6, 6.07) is 0. The largest absolute Gasteiger partial charge is 0.358 e. The van der Waals surface area contributed by atoms with Gasteiger partial charge in [0.25, 0.3) is 5.91 Å². The highest BCUT2D eigenvalue weighted by Gasteiger charge is 2.45. The number of likely N-dealkylation sites (N-methyl/N-ethyl adjacent to an activating group) is 1. The van der Waals surface area contributed by atoms with Crippen LogP contribution in [0.3, 0.4) is 0 Å². The summed E-state index contributed by atoms with van der Waals surface area (Å²) in [6.45, 7) is 5.51. The lowest BCUT2D eigenvalue weighted by Crippen LogP contribution is -2.38. The van der Waals surface area contributed by atoms with E-state index in [1.165, 1.54) is 11.8 Å². The smallest absolute Gasteiger partial charge is 0.284 e. The Kier molecular flexibility index (Phi) is 1.90. The van der Waals surface area contributed by atoms with E-state index in [-0.39, 0.29) is 12.1 Å². The molecule has 1 saturated heterocycles. The van der Waals surface area contributed by atoms with Crippen molar-refractivity contribution in [2.24, 2.45) is 0 Å². The van der Waals surface area contributed by atoms with Crippen LogP contribution >= 0.6 is 0 Å². The van der Waals surface area contributed by atoms with Crippen LogP contribution in [0.25, 0.3) is 0 Å². The topological polar surface area (TPSA) is 49.8 Å². The Hall–Kier alpha value is -0.610. The summed E-state index contributed by atoms with van der Waals surface area (Å²) in [5, 5.41) is 9.32. The molecule has 1 heterocycles. The minimum Gasteiger partial charge on any atom is -0.358 e. The van der Waals surface area contributed by atoms with Gasteiger partial charge in [-0.1, -0.05) is 0 Å². The predicted octanol–water partition coefficient (Wildman–Crippen LogP) is -0.0804. The number of hydrogen-bond acceptors (Lipinski definition) is 3. The predicted molar refractivity (Wildman–Crippen MR) is 38.6 cm³/mol. The van der Waals surface area contributed by atoms with Gasteiger partial charge in [0, 0.05) is 6.54 Å². The number of rotatable bonds is 1. The molecule has 0 spiro atoms. The molecule has 4 heteroatoms. The van der Waals surface area contributed by atoms with Crippen LogP contribution in [-0.4, -0.2) is 34.5 Å². The molecule has 0 bridgehead atoms. The van der Waals surface area contributed by atoms with E-state index in [0.29, 0.717) is 6.54 Å². The molecule has 0 aromatic rings. The number of ether oxygens (including phenoxy) is 1. The molecule has 0 saturated carbocycles. The lowest BCUT2D eigenvalue weighted by atomic mass is 10.3. The third-order valence-electron chi connectivity index (χ3n) is 1.84. The van der Waals surface area contributed by atoms with Crippen molar-refractivity contribution in [2.75, 3.05) is 6.54 Å². The van der Waals surface area contributed by atoms with Crippen molar-refractivity contribution < 1.29 is 14.6 Å². The van der Waals surface area contributed by atoms with Crippen molar-refractivity contribution in [2.45, 2.75) is 32.8 Å². The Morgan fingerprint density at radius 3 is 2.55 bits per heavy atom. The van der Waals surface area contributed by atoms with Gasteiger partial charge in [-0.2, -0.15) is 0 Å². The molecule has 1 N–H and O–H groups in total. The molecule has 0 aliphatic carbocycles. The molecule has 1 aliphatic heterocycles. The highest BCUT2D eigenvalue weighted by Crippen LogP contribution is 2.23. The van der Waals surface area contributed by atoms with Crippen LogP contribution in [-0.2, 0) is 9.53 Å². The van der Waals surface area contributed by atoms with Gasteiger partial charge in [0.2, 0.25) is 5.79 Å². The Bertz CT molecular complexity index is 179. The molecule has 2 atom stereocenters. The van der Waals surface area contributed by atoms with Crippen LogP contribution in [0.15, 0.2) is 0 Å². The Morgan fingerprint density at radius 2 is 2.36 bits per heavy atom. The molecule has 1 rings (SSSR count). The number of amides is 1. The van der Waals surface area contributed by atoms with Crippen LogP contribution in [0.5, 0.6) is 0 Å². The molecule has 64 valence electrons. The van der Waals surface area contributed by atoms with Gasteiger partial charge in [0.05, 0.1) is 0 Å². The van der Waals surface area contributed by atoms with Crippen LogP contribution in [0, 0.1) is 0 Å². The van der Waals surface area contributed by atoms with Gasteiger partial charge in [-0.3, -0.25) is 4.79 Å². The minimum atomic E-state index is -1.62. The fourth-order valence-corrected chi connectivity index (χ4v) is 1.28. The van der Waals surface area contributed by atoms with Crippen molar-refractivity contribution in [3.05, 3.63) is 0 Å². The summed E-state index contributed by atoms with van der Waals surface area (Å²) in [4.78, 5) is 12.7. The van der Waals surface area contributed by atoms with Crippen molar-refractivity contribution in [3.63, 3.8) is 0 Å². The average Bonchev–Trinajstić information content (AvgIpc) is 2.04. The first-order valence-electron chi connectivity index (χ1n) is 3.70. The van der Waals surface area contributed by atoms with E-state index in [0.717, 1.165) is 0 Å². The lowest BCUT2D eigenvalue weighted by molar-refractivity contribution is -0.183. The Labute approximate surface area is 65.8 Å². The van der Waals surface area contributed by atoms with Crippen LogP contribution in [0.2, 0.25) is 0 Å². The summed E-state index contributed by atoms with van der Waals surface area (Å²) in [7, 11) is 0. The monoisotopic (exact) mass is 159 g/mol. The molecule has 0 unspecified atom stereocenters. The summed E-state index contributed by atoms with van der Waals surface area (Å²) in [5.41, 5.74) is 0. The molecule has 1 aliphatic rings. The maximum atomic E-state index is 11.2. The van der Waals surface area contributed by atoms with Crippen molar-refractivity contribution in [3.8, 4) is 0 Å². The fourth-order valence-electron chi connectivity index (χ4n) is 1.28. The number of carbonyl (C=O) groups excluding carboxylic acids is 1. The molecule has 0 radical (unpaired) electrons. The Balaban J connectivity index is 2.80. The maximum absolute atomic E-state index is 11.2. The Morgan fingerprint density at radius 1 is 1.82 bits per heavy atom. The quantitative estimate of drug-likeness (QED) is 0.582. The zero-order valence-electron chi connectivity index (χ0n) is 7.00. The highest BCUT2D eigenvalue weighted by atomic mass is 16.7. The first-order chi connectivity index (χ1) is 4.99. The van der Waals surface area contributed by atoms with Gasteiger partial charge < -0.3 is 14.7 Å². The summed E-state index contributed by atoms with van der Waals surface area (Å²) in [5.74, 6) is -1.97.